The first-order valence-corrected chi connectivity index (χ1v) is 8.36. The maximum absolute atomic E-state index is 11.9. The highest BCUT2D eigenvalue weighted by Gasteiger charge is 2.28. The second-order valence-electron chi connectivity index (χ2n) is 4.15. The molecule has 1 N–H and O–H groups in total. The SMILES string of the molecule is O=C(CS(=O)(=O)c1ccccc1)NC1CCSC1=O. The van der Waals surface area contributed by atoms with Gasteiger partial charge in [-0.25, -0.2) is 8.42 Å². The van der Waals surface area contributed by atoms with E-state index in [9.17, 15) is 18.0 Å². The number of rotatable bonds is 4. The van der Waals surface area contributed by atoms with E-state index in [0.717, 1.165) is 11.8 Å². The zero-order valence-corrected chi connectivity index (χ0v) is 11.7. The number of thioether (sulfide) groups is 1. The molecule has 1 amide bonds. The fourth-order valence-electron chi connectivity index (χ4n) is 1.75. The summed E-state index contributed by atoms with van der Waals surface area (Å²) in [5.74, 6) is -0.606. The lowest BCUT2D eigenvalue weighted by atomic mass is 10.2. The van der Waals surface area contributed by atoms with Gasteiger partial charge in [0.2, 0.25) is 11.0 Å². The Morgan fingerprint density at radius 1 is 1.32 bits per heavy atom. The normalized spacial score (nSPS) is 19.4. The molecule has 1 aliphatic heterocycles. The average Bonchev–Trinajstić information content (AvgIpc) is 2.75. The minimum Gasteiger partial charge on any atom is -0.344 e. The molecule has 1 aliphatic rings. The van der Waals surface area contributed by atoms with E-state index in [0.29, 0.717) is 12.2 Å². The minimum atomic E-state index is -3.65. The van der Waals surface area contributed by atoms with Crippen molar-refractivity contribution in [1.82, 2.24) is 5.32 Å². The van der Waals surface area contributed by atoms with Crippen molar-refractivity contribution in [2.24, 2.45) is 0 Å². The molecule has 0 saturated carbocycles. The zero-order chi connectivity index (χ0) is 13.9. The predicted molar refractivity (Wildman–Crippen MR) is 72.5 cm³/mol. The fraction of sp³-hybridized carbons (Fsp3) is 0.333. The minimum absolute atomic E-state index is 0.106. The van der Waals surface area contributed by atoms with Crippen LogP contribution in [0.3, 0.4) is 0 Å². The Morgan fingerprint density at radius 2 is 2.00 bits per heavy atom. The number of sulfone groups is 1. The Morgan fingerprint density at radius 3 is 2.58 bits per heavy atom. The Bertz CT molecular complexity index is 583. The van der Waals surface area contributed by atoms with Crippen molar-refractivity contribution < 1.29 is 18.0 Å². The molecule has 0 spiro atoms. The highest BCUT2D eigenvalue weighted by Crippen LogP contribution is 2.19. The summed E-state index contributed by atoms with van der Waals surface area (Å²) in [4.78, 5) is 23.1. The largest absolute Gasteiger partial charge is 0.344 e. The van der Waals surface area contributed by atoms with Crippen LogP contribution in [0.1, 0.15) is 6.42 Å². The predicted octanol–water partition coefficient (Wildman–Crippen LogP) is 0.609. The molecule has 5 nitrogen and oxygen atoms in total. The van der Waals surface area contributed by atoms with E-state index < -0.39 is 27.5 Å². The number of carbonyl (C=O) groups excluding carboxylic acids is 2. The van der Waals surface area contributed by atoms with Gasteiger partial charge < -0.3 is 5.32 Å². The molecule has 1 fully saturated rings. The van der Waals surface area contributed by atoms with Crippen molar-refractivity contribution in [3.05, 3.63) is 30.3 Å². The van der Waals surface area contributed by atoms with Gasteiger partial charge in [0.1, 0.15) is 5.75 Å². The number of nitrogens with one attached hydrogen (secondary N) is 1. The van der Waals surface area contributed by atoms with Crippen molar-refractivity contribution >= 4 is 32.6 Å². The van der Waals surface area contributed by atoms with Gasteiger partial charge >= 0.3 is 0 Å². The summed E-state index contributed by atoms with van der Waals surface area (Å²) in [5.41, 5.74) is 0. The molecule has 1 atom stereocenters. The number of carbonyl (C=O) groups is 2. The molecule has 2 rings (SSSR count). The third-order valence-electron chi connectivity index (χ3n) is 2.69. The molecule has 19 heavy (non-hydrogen) atoms. The lowest BCUT2D eigenvalue weighted by molar-refractivity contribution is -0.122. The summed E-state index contributed by atoms with van der Waals surface area (Å²) in [7, 11) is -3.65. The lowest BCUT2D eigenvalue weighted by Gasteiger charge is -2.10. The number of amides is 1. The summed E-state index contributed by atoms with van der Waals surface area (Å²) in [6.07, 6.45) is 0.556. The first-order valence-electron chi connectivity index (χ1n) is 5.73. The zero-order valence-electron chi connectivity index (χ0n) is 10.0. The summed E-state index contributed by atoms with van der Waals surface area (Å²) in [5, 5.41) is 2.36. The topological polar surface area (TPSA) is 80.3 Å². The van der Waals surface area contributed by atoms with Gasteiger partial charge in [-0.2, -0.15) is 0 Å². The Balaban J connectivity index is 2.01. The molecular formula is C12H13NO4S2. The molecule has 0 aromatic heterocycles. The number of benzene rings is 1. The van der Waals surface area contributed by atoms with Gasteiger partial charge in [-0.05, 0) is 18.6 Å². The van der Waals surface area contributed by atoms with Crippen LogP contribution in [-0.4, -0.2) is 37.0 Å². The third kappa shape index (κ3) is 3.57. The second kappa shape index (κ2) is 5.75. The lowest BCUT2D eigenvalue weighted by Crippen LogP contribution is -2.40. The molecule has 1 saturated heterocycles. The van der Waals surface area contributed by atoms with E-state index >= 15 is 0 Å². The maximum Gasteiger partial charge on any atom is 0.236 e. The molecule has 1 aromatic rings. The molecule has 0 bridgehead atoms. The van der Waals surface area contributed by atoms with Crippen molar-refractivity contribution in [2.75, 3.05) is 11.5 Å². The monoisotopic (exact) mass is 299 g/mol. The van der Waals surface area contributed by atoms with Crippen LogP contribution in [0.4, 0.5) is 0 Å². The van der Waals surface area contributed by atoms with E-state index in [1.165, 1.54) is 12.1 Å². The van der Waals surface area contributed by atoms with Crippen molar-refractivity contribution in [1.29, 1.82) is 0 Å². The smallest absolute Gasteiger partial charge is 0.236 e. The summed E-state index contributed by atoms with van der Waals surface area (Å²) >= 11 is 1.16. The van der Waals surface area contributed by atoms with Crippen LogP contribution in [0.15, 0.2) is 35.2 Å². The Kier molecular flexibility index (Phi) is 4.26. The van der Waals surface area contributed by atoms with Gasteiger partial charge in [0.25, 0.3) is 0 Å². The third-order valence-corrected chi connectivity index (χ3v) is 5.34. The molecule has 0 aliphatic carbocycles. The van der Waals surface area contributed by atoms with Crippen molar-refractivity contribution in [2.45, 2.75) is 17.4 Å². The van der Waals surface area contributed by atoms with E-state index in [1.807, 2.05) is 0 Å². The van der Waals surface area contributed by atoms with Crippen LogP contribution in [0.2, 0.25) is 0 Å². The summed E-state index contributed by atoms with van der Waals surface area (Å²) in [6.45, 7) is 0. The van der Waals surface area contributed by atoms with Gasteiger partial charge in [0, 0.05) is 5.75 Å². The van der Waals surface area contributed by atoms with E-state index in [1.54, 1.807) is 18.2 Å². The van der Waals surface area contributed by atoms with Gasteiger partial charge in [0.05, 0.1) is 10.9 Å². The number of hydrogen-bond acceptors (Lipinski definition) is 5. The van der Waals surface area contributed by atoms with Crippen LogP contribution >= 0.6 is 11.8 Å². The quantitative estimate of drug-likeness (QED) is 0.881. The van der Waals surface area contributed by atoms with Gasteiger partial charge in [-0.15, -0.1) is 0 Å². The fourth-order valence-corrected chi connectivity index (χ4v) is 3.85. The molecule has 102 valence electrons. The van der Waals surface area contributed by atoms with Gasteiger partial charge in [-0.1, -0.05) is 30.0 Å². The molecule has 1 heterocycles. The summed E-state index contributed by atoms with van der Waals surface area (Å²) in [6, 6.07) is 7.24. The summed E-state index contributed by atoms with van der Waals surface area (Å²) < 4.78 is 23.9. The van der Waals surface area contributed by atoms with Crippen LogP contribution < -0.4 is 5.32 Å². The standard InChI is InChI=1S/C12H13NO4S2/c14-11(13-10-6-7-18-12(10)15)8-19(16,17)9-4-2-1-3-5-9/h1-5,10H,6-8H2,(H,13,14). The van der Waals surface area contributed by atoms with Gasteiger partial charge in [0.15, 0.2) is 9.84 Å². The van der Waals surface area contributed by atoms with E-state index in [2.05, 4.69) is 5.32 Å². The van der Waals surface area contributed by atoms with Crippen LogP contribution in [0.5, 0.6) is 0 Å². The average molecular weight is 299 g/mol. The second-order valence-corrected chi connectivity index (χ2v) is 7.24. The van der Waals surface area contributed by atoms with Crippen LogP contribution in [-0.2, 0) is 19.4 Å². The molecule has 7 heteroatoms. The highest BCUT2D eigenvalue weighted by molar-refractivity contribution is 8.14. The van der Waals surface area contributed by atoms with E-state index in [4.69, 9.17) is 0 Å². The molecule has 1 unspecified atom stereocenters. The maximum atomic E-state index is 11.9. The van der Waals surface area contributed by atoms with Crippen molar-refractivity contribution in [3.63, 3.8) is 0 Å². The van der Waals surface area contributed by atoms with Gasteiger partial charge in [-0.3, -0.25) is 9.59 Å². The molecule has 1 aromatic carbocycles. The van der Waals surface area contributed by atoms with Crippen molar-refractivity contribution in [3.8, 4) is 0 Å². The Hall–Kier alpha value is -1.34. The van der Waals surface area contributed by atoms with E-state index in [-0.39, 0.29) is 10.0 Å². The van der Waals surface area contributed by atoms with Crippen LogP contribution in [0, 0.1) is 0 Å². The molecule has 0 radical (unpaired) electrons. The number of hydrogen-bond donors (Lipinski definition) is 1. The molecular weight excluding hydrogens is 286 g/mol. The first kappa shape index (κ1) is 14.1. The highest BCUT2D eigenvalue weighted by atomic mass is 32.2. The first-order chi connectivity index (χ1) is 8.99. The Labute approximate surface area is 115 Å². The van der Waals surface area contributed by atoms with Crippen LogP contribution in [0.25, 0.3) is 0 Å².